The summed E-state index contributed by atoms with van der Waals surface area (Å²) in [5.41, 5.74) is 4.01. The summed E-state index contributed by atoms with van der Waals surface area (Å²) < 4.78 is 14.0. The maximum atomic E-state index is 12.1. The van der Waals surface area contributed by atoms with E-state index in [0.29, 0.717) is 11.8 Å². The Bertz CT molecular complexity index is 733. The summed E-state index contributed by atoms with van der Waals surface area (Å²) in [5.74, 6) is 0.371. The first-order chi connectivity index (χ1) is 11.0. The number of nitrogens with zero attached hydrogens (tertiary/aromatic N) is 2. The molecule has 0 unspecified atom stereocenters. The molecule has 5 nitrogen and oxygen atoms in total. The third kappa shape index (κ3) is 4.28. The largest absolute Gasteiger partial charge is 0.353 e. The molecule has 0 spiro atoms. The molecule has 0 radical (unpaired) electrons. The quantitative estimate of drug-likeness (QED) is 0.881. The van der Waals surface area contributed by atoms with Crippen molar-refractivity contribution in [1.82, 2.24) is 15.1 Å². The van der Waals surface area contributed by atoms with Crippen molar-refractivity contribution in [3.63, 3.8) is 0 Å². The molecule has 1 aliphatic carbocycles. The Kier molecular flexibility index (Phi) is 4.61. The minimum atomic E-state index is -1.18. The molecule has 1 fully saturated rings. The number of benzene rings is 1. The molecule has 0 aliphatic heterocycles. The number of aromatic nitrogens is 2. The molecule has 6 heteroatoms. The van der Waals surface area contributed by atoms with Crippen LogP contribution in [0.15, 0.2) is 30.3 Å². The van der Waals surface area contributed by atoms with Crippen LogP contribution in [0.1, 0.15) is 29.8 Å². The van der Waals surface area contributed by atoms with E-state index >= 15 is 0 Å². The Balaban J connectivity index is 1.59. The first-order valence-electron chi connectivity index (χ1n) is 7.78. The lowest BCUT2D eigenvalue weighted by molar-refractivity contribution is -0.118. The van der Waals surface area contributed by atoms with Gasteiger partial charge in [0, 0.05) is 28.3 Å². The molecule has 2 aromatic rings. The molecular formula is C17H21N3O2S. The predicted molar refractivity (Wildman–Crippen MR) is 90.9 cm³/mol. The third-order valence-corrected chi connectivity index (χ3v) is 4.99. The van der Waals surface area contributed by atoms with Gasteiger partial charge < -0.3 is 5.32 Å². The van der Waals surface area contributed by atoms with Crippen molar-refractivity contribution in [1.29, 1.82) is 0 Å². The fourth-order valence-electron chi connectivity index (χ4n) is 2.50. The zero-order valence-electron chi connectivity index (χ0n) is 13.4. The van der Waals surface area contributed by atoms with Crippen LogP contribution in [-0.2, 0) is 21.3 Å². The minimum Gasteiger partial charge on any atom is -0.353 e. The number of carbonyl (C=O) groups excluding carboxylic acids is 1. The van der Waals surface area contributed by atoms with Gasteiger partial charge in [0.15, 0.2) is 0 Å². The van der Waals surface area contributed by atoms with Crippen molar-refractivity contribution in [3.05, 3.63) is 47.3 Å². The van der Waals surface area contributed by atoms with Crippen LogP contribution in [0.4, 0.5) is 0 Å². The maximum absolute atomic E-state index is 12.1. The molecule has 1 aromatic carbocycles. The van der Waals surface area contributed by atoms with Gasteiger partial charge in [0.1, 0.15) is 5.75 Å². The lowest BCUT2D eigenvalue weighted by Crippen LogP contribution is -2.30. The van der Waals surface area contributed by atoms with Gasteiger partial charge in [0.2, 0.25) is 5.91 Å². The van der Waals surface area contributed by atoms with Crippen LogP contribution in [0.25, 0.3) is 5.69 Å². The fraction of sp³-hybridized carbons (Fsp3) is 0.412. The number of rotatable bonds is 6. The van der Waals surface area contributed by atoms with Crippen LogP contribution in [0.2, 0.25) is 0 Å². The van der Waals surface area contributed by atoms with Gasteiger partial charge in [0.05, 0.1) is 11.4 Å². The van der Waals surface area contributed by atoms with Gasteiger partial charge >= 0.3 is 0 Å². The highest BCUT2D eigenvalue weighted by Gasteiger charge is 2.23. The van der Waals surface area contributed by atoms with Crippen molar-refractivity contribution in [2.45, 2.75) is 38.5 Å². The normalized spacial score (nSPS) is 15.4. The van der Waals surface area contributed by atoms with E-state index < -0.39 is 10.8 Å². The Labute approximate surface area is 138 Å². The van der Waals surface area contributed by atoms with Gasteiger partial charge in [-0.15, -0.1) is 0 Å². The van der Waals surface area contributed by atoms with E-state index in [1.54, 1.807) is 0 Å². The molecule has 0 bridgehead atoms. The van der Waals surface area contributed by atoms with Crippen molar-refractivity contribution >= 4 is 16.7 Å². The van der Waals surface area contributed by atoms with Crippen molar-refractivity contribution in [3.8, 4) is 5.69 Å². The summed E-state index contributed by atoms with van der Waals surface area (Å²) >= 11 is 0. The fourth-order valence-corrected chi connectivity index (χ4v) is 3.55. The number of hydrogen-bond acceptors (Lipinski definition) is 3. The number of amides is 1. The molecule has 122 valence electrons. The first-order valence-corrected chi connectivity index (χ1v) is 9.27. The monoisotopic (exact) mass is 331 g/mol. The summed E-state index contributed by atoms with van der Waals surface area (Å²) in [6.45, 7) is 3.98. The lowest BCUT2D eigenvalue weighted by Gasteiger charge is -2.07. The maximum Gasteiger partial charge on any atom is 0.232 e. The van der Waals surface area contributed by atoms with Crippen LogP contribution in [0.5, 0.6) is 0 Å². The van der Waals surface area contributed by atoms with Crippen molar-refractivity contribution < 1.29 is 9.00 Å². The average molecular weight is 331 g/mol. The zero-order chi connectivity index (χ0) is 16.4. The summed E-state index contributed by atoms with van der Waals surface area (Å²) in [4.78, 5) is 11.7. The van der Waals surface area contributed by atoms with E-state index in [9.17, 15) is 9.00 Å². The highest BCUT2D eigenvalue weighted by Crippen LogP contribution is 2.18. The number of nitrogens with one attached hydrogen (secondary N) is 1. The Morgan fingerprint density at radius 3 is 2.57 bits per heavy atom. The summed E-state index contributed by atoms with van der Waals surface area (Å²) in [6.07, 6.45) is 2.10. The van der Waals surface area contributed by atoms with Crippen molar-refractivity contribution in [2.24, 2.45) is 0 Å². The number of hydrogen-bond donors (Lipinski definition) is 1. The minimum absolute atomic E-state index is 0.0791. The molecule has 1 aliphatic rings. The zero-order valence-corrected chi connectivity index (χ0v) is 14.2. The molecule has 1 amide bonds. The van der Waals surface area contributed by atoms with Gasteiger partial charge in [-0.3, -0.25) is 9.00 Å². The average Bonchev–Trinajstić information content (AvgIpc) is 3.22. The lowest BCUT2D eigenvalue weighted by atomic mass is 10.2. The summed E-state index contributed by atoms with van der Waals surface area (Å²) in [7, 11) is -1.18. The van der Waals surface area contributed by atoms with Gasteiger partial charge in [-0.2, -0.15) is 5.10 Å². The Hall–Kier alpha value is -1.95. The summed E-state index contributed by atoms with van der Waals surface area (Å²) in [6, 6.07) is 10.2. The Morgan fingerprint density at radius 1 is 1.30 bits per heavy atom. The topological polar surface area (TPSA) is 64.0 Å². The molecule has 1 aromatic heterocycles. The number of aryl methyl sites for hydroxylation is 2. The second-order valence-corrected chi connectivity index (χ2v) is 7.53. The number of carbonyl (C=O) groups is 1. The van der Waals surface area contributed by atoms with Crippen LogP contribution in [-0.4, -0.2) is 31.7 Å². The molecule has 1 heterocycles. The van der Waals surface area contributed by atoms with E-state index in [1.807, 2.05) is 48.9 Å². The first kappa shape index (κ1) is 15.9. The molecule has 3 rings (SSSR count). The Morgan fingerprint density at radius 2 is 2.00 bits per heavy atom. The molecule has 1 N–H and O–H groups in total. The predicted octanol–water partition coefficient (Wildman–Crippen LogP) is 2.02. The van der Waals surface area contributed by atoms with Crippen LogP contribution >= 0.6 is 0 Å². The molecule has 1 saturated carbocycles. The molecule has 23 heavy (non-hydrogen) atoms. The van der Waals surface area contributed by atoms with E-state index in [-0.39, 0.29) is 11.7 Å². The molecule has 0 saturated heterocycles. The standard InChI is InChI=1S/C17H21N3O2S/c1-12-9-13(2)20(19-12)16-7-3-14(4-8-16)10-23(22)11-17(21)18-15-5-6-15/h3-4,7-9,15H,5-6,10-11H2,1-2H3,(H,18,21)/t23-/m0/s1. The SMILES string of the molecule is Cc1cc(C)n(-c2ccc(C[S@](=O)CC(=O)NC3CC3)cc2)n1. The second kappa shape index (κ2) is 6.66. The van der Waals surface area contributed by atoms with Gasteiger partial charge in [-0.25, -0.2) is 4.68 Å². The van der Waals surface area contributed by atoms with Gasteiger partial charge in [-0.1, -0.05) is 12.1 Å². The van der Waals surface area contributed by atoms with E-state index in [1.165, 1.54) is 0 Å². The molecular weight excluding hydrogens is 310 g/mol. The highest BCUT2D eigenvalue weighted by molar-refractivity contribution is 7.84. The van der Waals surface area contributed by atoms with E-state index in [4.69, 9.17) is 0 Å². The highest BCUT2D eigenvalue weighted by atomic mass is 32.2. The van der Waals surface area contributed by atoms with Gasteiger partial charge in [0.25, 0.3) is 0 Å². The van der Waals surface area contributed by atoms with Crippen LogP contribution in [0, 0.1) is 13.8 Å². The van der Waals surface area contributed by atoms with Crippen LogP contribution < -0.4 is 5.32 Å². The smallest absolute Gasteiger partial charge is 0.232 e. The van der Waals surface area contributed by atoms with Gasteiger partial charge in [-0.05, 0) is 50.5 Å². The second-order valence-electron chi connectivity index (χ2n) is 6.08. The van der Waals surface area contributed by atoms with E-state index in [0.717, 1.165) is 35.5 Å². The van der Waals surface area contributed by atoms with Crippen molar-refractivity contribution in [2.75, 3.05) is 5.75 Å². The molecule has 1 atom stereocenters. The van der Waals surface area contributed by atoms with Crippen LogP contribution in [0.3, 0.4) is 0 Å². The third-order valence-electron chi connectivity index (χ3n) is 3.75. The summed E-state index contributed by atoms with van der Waals surface area (Å²) in [5, 5.41) is 7.31. The van der Waals surface area contributed by atoms with E-state index in [2.05, 4.69) is 10.4 Å².